The van der Waals surface area contributed by atoms with E-state index in [9.17, 15) is 0 Å². The molecule has 0 saturated carbocycles. The third-order valence-electron chi connectivity index (χ3n) is 3.41. The van der Waals surface area contributed by atoms with E-state index in [4.69, 9.17) is 0 Å². The van der Waals surface area contributed by atoms with Crippen LogP contribution in [0.25, 0.3) is 32.9 Å². The van der Waals surface area contributed by atoms with Crippen LogP contribution in [0.4, 0.5) is 0 Å². The third kappa shape index (κ3) is 1.52. The molecule has 0 amide bonds. The van der Waals surface area contributed by atoms with Crippen LogP contribution in [0.3, 0.4) is 0 Å². The molecule has 0 fully saturated rings. The lowest BCUT2D eigenvalue weighted by Gasteiger charge is -2.06. The Hall–Kier alpha value is -2.68. The van der Waals surface area contributed by atoms with Crippen molar-refractivity contribution in [1.29, 1.82) is 0 Å². The first-order valence-electron chi connectivity index (χ1n) is 6.19. The summed E-state index contributed by atoms with van der Waals surface area (Å²) in [5.41, 5.74) is 4.27. The zero-order valence-corrected chi connectivity index (χ0v) is 10.2. The molecule has 0 radical (unpaired) electrons. The Balaban J connectivity index is 2.12. The molecule has 0 atom stereocenters. The van der Waals surface area contributed by atoms with Gasteiger partial charge in [0.15, 0.2) is 0 Å². The number of nitrogens with one attached hydrogen (secondary N) is 1. The highest BCUT2D eigenvalue weighted by Crippen LogP contribution is 2.31. The Morgan fingerprint density at radius 3 is 2.79 bits per heavy atom. The van der Waals surface area contributed by atoms with Crippen LogP contribution in [-0.4, -0.2) is 15.0 Å². The third-order valence-corrected chi connectivity index (χ3v) is 3.41. The number of aromatic nitrogens is 3. The van der Waals surface area contributed by atoms with Crippen molar-refractivity contribution in [3.05, 3.63) is 61.2 Å². The van der Waals surface area contributed by atoms with Crippen LogP contribution in [0.2, 0.25) is 0 Å². The fourth-order valence-corrected chi connectivity index (χ4v) is 2.51. The molecule has 0 aliphatic heterocycles. The molecule has 0 aliphatic rings. The molecule has 0 bridgehead atoms. The molecule has 3 nitrogen and oxygen atoms in total. The maximum Gasteiger partial charge on any atom is 0.0961 e. The normalized spacial score (nSPS) is 11.2. The molecule has 1 N–H and O–H groups in total. The SMILES string of the molecule is c1ccc2c(-c3cccc4[nH]cnc34)cncc2c1. The minimum atomic E-state index is 0.987. The summed E-state index contributed by atoms with van der Waals surface area (Å²) in [7, 11) is 0. The average Bonchev–Trinajstić information content (AvgIpc) is 2.95. The van der Waals surface area contributed by atoms with E-state index in [1.807, 2.05) is 30.6 Å². The van der Waals surface area contributed by atoms with Gasteiger partial charge in [0.05, 0.1) is 17.4 Å². The van der Waals surface area contributed by atoms with Gasteiger partial charge in [-0.2, -0.15) is 0 Å². The number of hydrogen-bond donors (Lipinski definition) is 1. The van der Waals surface area contributed by atoms with Gasteiger partial charge in [-0.3, -0.25) is 4.98 Å². The molecule has 4 rings (SSSR count). The lowest BCUT2D eigenvalue weighted by Crippen LogP contribution is -1.85. The number of rotatable bonds is 1. The van der Waals surface area contributed by atoms with Crippen LogP contribution in [0.1, 0.15) is 0 Å². The molecule has 3 heteroatoms. The van der Waals surface area contributed by atoms with Crippen molar-refractivity contribution in [3.8, 4) is 11.1 Å². The molecule has 2 aromatic carbocycles. The molecule has 2 heterocycles. The van der Waals surface area contributed by atoms with Crippen molar-refractivity contribution in [2.45, 2.75) is 0 Å². The number of H-pyrrole nitrogens is 1. The van der Waals surface area contributed by atoms with Crippen LogP contribution in [0.15, 0.2) is 61.2 Å². The number of nitrogens with zero attached hydrogens (tertiary/aromatic N) is 2. The number of imidazole rings is 1. The highest BCUT2D eigenvalue weighted by Gasteiger charge is 2.09. The van der Waals surface area contributed by atoms with Gasteiger partial charge in [-0.05, 0) is 11.5 Å². The van der Waals surface area contributed by atoms with Crippen molar-refractivity contribution in [2.24, 2.45) is 0 Å². The minimum Gasteiger partial charge on any atom is -0.345 e. The number of aromatic amines is 1. The fraction of sp³-hybridized carbons (Fsp3) is 0. The van der Waals surface area contributed by atoms with E-state index < -0.39 is 0 Å². The Morgan fingerprint density at radius 2 is 1.79 bits per heavy atom. The van der Waals surface area contributed by atoms with Gasteiger partial charge >= 0.3 is 0 Å². The highest BCUT2D eigenvalue weighted by molar-refractivity contribution is 6.02. The average molecular weight is 245 g/mol. The first kappa shape index (κ1) is 10.3. The summed E-state index contributed by atoms with van der Waals surface area (Å²) < 4.78 is 0. The molecule has 0 unspecified atom stereocenters. The van der Waals surface area contributed by atoms with Crippen molar-refractivity contribution >= 4 is 21.8 Å². The molecule has 4 aromatic rings. The fourth-order valence-electron chi connectivity index (χ4n) is 2.51. The molecule has 90 valence electrons. The predicted molar refractivity (Wildman–Crippen MR) is 76.8 cm³/mol. The van der Waals surface area contributed by atoms with Gasteiger partial charge in [0.25, 0.3) is 0 Å². The highest BCUT2D eigenvalue weighted by atomic mass is 14.9. The second-order valence-corrected chi connectivity index (χ2v) is 4.51. The summed E-state index contributed by atoms with van der Waals surface area (Å²) in [6, 6.07) is 14.4. The van der Waals surface area contributed by atoms with Gasteiger partial charge in [-0.15, -0.1) is 0 Å². The Bertz CT molecular complexity index is 872. The van der Waals surface area contributed by atoms with Gasteiger partial charge < -0.3 is 4.98 Å². The summed E-state index contributed by atoms with van der Waals surface area (Å²) in [6.45, 7) is 0. The van der Waals surface area contributed by atoms with Gasteiger partial charge in [0.1, 0.15) is 0 Å². The van der Waals surface area contributed by atoms with E-state index >= 15 is 0 Å². The maximum absolute atomic E-state index is 4.42. The van der Waals surface area contributed by atoms with E-state index in [1.54, 1.807) is 6.33 Å². The van der Waals surface area contributed by atoms with Crippen LogP contribution in [0.5, 0.6) is 0 Å². The maximum atomic E-state index is 4.42. The zero-order chi connectivity index (χ0) is 12.7. The Labute approximate surface area is 110 Å². The number of para-hydroxylation sites is 1. The van der Waals surface area contributed by atoms with Crippen molar-refractivity contribution in [2.75, 3.05) is 0 Å². The number of pyridine rings is 1. The van der Waals surface area contributed by atoms with Crippen LogP contribution in [-0.2, 0) is 0 Å². The Morgan fingerprint density at radius 1 is 0.842 bits per heavy atom. The lowest BCUT2D eigenvalue weighted by atomic mass is 10.00. The topological polar surface area (TPSA) is 41.6 Å². The second kappa shape index (κ2) is 3.92. The van der Waals surface area contributed by atoms with E-state index in [-0.39, 0.29) is 0 Å². The smallest absolute Gasteiger partial charge is 0.0961 e. The predicted octanol–water partition coefficient (Wildman–Crippen LogP) is 3.78. The van der Waals surface area contributed by atoms with E-state index in [2.05, 4.69) is 39.2 Å². The zero-order valence-electron chi connectivity index (χ0n) is 10.2. The second-order valence-electron chi connectivity index (χ2n) is 4.51. The van der Waals surface area contributed by atoms with Crippen molar-refractivity contribution in [3.63, 3.8) is 0 Å². The summed E-state index contributed by atoms with van der Waals surface area (Å²) in [6.07, 6.45) is 5.53. The van der Waals surface area contributed by atoms with Gasteiger partial charge in [0.2, 0.25) is 0 Å². The molecule has 0 aliphatic carbocycles. The van der Waals surface area contributed by atoms with Crippen LogP contribution in [0, 0.1) is 0 Å². The van der Waals surface area contributed by atoms with Gasteiger partial charge in [-0.1, -0.05) is 36.4 Å². The molecular formula is C16H11N3. The minimum absolute atomic E-state index is 0.987. The van der Waals surface area contributed by atoms with E-state index in [0.717, 1.165) is 27.5 Å². The van der Waals surface area contributed by atoms with Gasteiger partial charge in [-0.25, -0.2) is 4.98 Å². The van der Waals surface area contributed by atoms with E-state index in [0.29, 0.717) is 0 Å². The molecule has 0 spiro atoms. The standard InChI is InChI=1S/C16H11N3/c1-2-5-12-11(4-1)8-17-9-14(12)13-6-3-7-15-16(13)19-10-18-15/h1-10H,(H,18,19). The molecule has 19 heavy (non-hydrogen) atoms. The number of hydrogen-bond acceptors (Lipinski definition) is 2. The summed E-state index contributed by atoms with van der Waals surface area (Å²) in [5.74, 6) is 0. The van der Waals surface area contributed by atoms with E-state index in [1.165, 1.54) is 5.39 Å². The number of benzene rings is 2. The summed E-state index contributed by atoms with van der Waals surface area (Å²) in [4.78, 5) is 11.9. The lowest BCUT2D eigenvalue weighted by molar-refractivity contribution is 1.34. The van der Waals surface area contributed by atoms with Crippen LogP contribution >= 0.6 is 0 Å². The first-order chi connectivity index (χ1) is 9.43. The molecule has 2 aromatic heterocycles. The first-order valence-corrected chi connectivity index (χ1v) is 6.19. The Kier molecular flexibility index (Phi) is 2.12. The van der Waals surface area contributed by atoms with Crippen molar-refractivity contribution in [1.82, 2.24) is 15.0 Å². The largest absolute Gasteiger partial charge is 0.345 e. The quantitative estimate of drug-likeness (QED) is 0.554. The number of fused-ring (bicyclic) bond motifs is 2. The monoisotopic (exact) mass is 245 g/mol. The summed E-state index contributed by atoms with van der Waals surface area (Å²) >= 11 is 0. The van der Waals surface area contributed by atoms with Crippen LogP contribution < -0.4 is 0 Å². The summed E-state index contributed by atoms with van der Waals surface area (Å²) in [5, 5.41) is 2.35. The van der Waals surface area contributed by atoms with Crippen molar-refractivity contribution < 1.29 is 0 Å². The molecule has 0 saturated heterocycles. The molecular weight excluding hydrogens is 234 g/mol. The van der Waals surface area contributed by atoms with Gasteiger partial charge in [0, 0.05) is 28.9 Å².